The maximum absolute atomic E-state index is 13.0. The molecule has 9 heteroatoms. The average Bonchev–Trinajstić information content (AvgIpc) is 3.02. The highest BCUT2D eigenvalue weighted by Crippen LogP contribution is 2.34. The molecule has 0 fully saturated rings. The zero-order chi connectivity index (χ0) is 20.0. The molecule has 0 atom stereocenters. The van der Waals surface area contributed by atoms with Crippen LogP contribution >= 0.6 is 11.3 Å². The van der Waals surface area contributed by atoms with Crippen LogP contribution < -0.4 is 5.32 Å². The van der Waals surface area contributed by atoms with Crippen LogP contribution in [-0.2, 0) is 15.8 Å². The highest BCUT2D eigenvalue weighted by molar-refractivity contribution is 7.09. The fraction of sp³-hybridized carbons (Fsp3) is 0.278. The molecule has 1 heterocycles. The van der Waals surface area contributed by atoms with Gasteiger partial charge in [-0.1, -0.05) is 12.1 Å². The summed E-state index contributed by atoms with van der Waals surface area (Å²) in [5.74, 6) is -1.14. The number of hydrogen-bond acceptors (Lipinski definition) is 4. The number of rotatable bonds is 6. The van der Waals surface area contributed by atoms with E-state index in [9.17, 15) is 22.8 Å². The summed E-state index contributed by atoms with van der Waals surface area (Å²) >= 11 is 1.44. The van der Waals surface area contributed by atoms with Crippen molar-refractivity contribution in [3.05, 3.63) is 52.0 Å². The van der Waals surface area contributed by atoms with E-state index < -0.39 is 23.6 Å². The summed E-state index contributed by atoms with van der Waals surface area (Å²) in [4.78, 5) is 29.8. The lowest BCUT2D eigenvalue weighted by molar-refractivity contribution is -0.137. The number of alkyl halides is 3. The number of halogens is 3. The molecule has 0 radical (unpaired) electrons. The molecule has 2 amide bonds. The molecular formula is C18H18F3N3O2S. The SMILES string of the molecule is CCN(CC(=O)Nc1ccccc1C(F)(F)F)C(=O)/C=C/c1csc(C)n1. The van der Waals surface area contributed by atoms with Crippen molar-refractivity contribution in [3.63, 3.8) is 0 Å². The van der Waals surface area contributed by atoms with Gasteiger partial charge >= 0.3 is 6.18 Å². The first-order valence-electron chi connectivity index (χ1n) is 8.06. The van der Waals surface area contributed by atoms with E-state index >= 15 is 0 Å². The molecular weight excluding hydrogens is 379 g/mol. The third-order valence-electron chi connectivity index (χ3n) is 3.57. The van der Waals surface area contributed by atoms with Gasteiger partial charge in [0.2, 0.25) is 11.8 Å². The Kier molecular flexibility index (Phi) is 6.73. The summed E-state index contributed by atoms with van der Waals surface area (Å²) in [6.45, 7) is 3.39. The predicted octanol–water partition coefficient (Wildman–Crippen LogP) is 3.97. The molecule has 1 aromatic carbocycles. The van der Waals surface area contributed by atoms with E-state index in [2.05, 4.69) is 10.3 Å². The highest BCUT2D eigenvalue weighted by Gasteiger charge is 2.33. The number of carbonyl (C=O) groups excluding carboxylic acids is 2. The number of nitrogens with one attached hydrogen (secondary N) is 1. The van der Waals surface area contributed by atoms with Crippen molar-refractivity contribution < 1.29 is 22.8 Å². The van der Waals surface area contributed by atoms with Gasteiger partial charge in [-0.15, -0.1) is 11.3 Å². The second-order valence-corrected chi connectivity index (χ2v) is 6.63. The Morgan fingerprint density at radius 2 is 2.00 bits per heavy atom. The highest BCUT2D eigenvalue weighted by atomic mass is 32.1. The van der Waals surface area contributed by atoms with Gasteiger partial charge in [-0.3, -0.25) is 9.59 Å². The number of para-hydroxylation sites is 1. The number of aryl methyl sites for hydroxylation is 1. The van der Waals surface area contributed by atoms with Crippen LogP contribution in [0.25, 0.3) is 6.08 Å². The zero-order valence-electron chi connectivity index (χ0n) is 14.7. The van der Waals surface area contributed by atoms with E-state index in [0.717, 1.165) is 11.1 Å². The van der Waals surface area contributed by atoms with Crippen molar-refractivity contribution in [2.75, 3.05) is 18.4 Å². The second-order valence-electron chi connectivity index (χ2n) is 5.57. The van der Waals surface area contributed by atoms with Gasteiger partial charge in [-0.2, -0.15) is 13.2 Å². The second kappa shape index (κ2) is 8.81. The quantitative estimate of drug-likeness (QED) is 0.751. The normalized spacial score (nSPS) is 11.6. The fourth-order valence-corrected chi connectivity index (χ4v) is 2.85. The lowest BCUT2D eigenvalue weighted by atomic mass is 10.1. The molecule has 0 saturated carbocycles. The van der Waals surface area contributed by atoms with Crippen molar-refractivity contribution in [2.45, 2.75) is 20.0 Å². The van der Waals surface area contributed by atoms with Crippen LogP contribution in [0.1, 0.15) is 23.2 Å². The third kappa shape index (κ3) is 5.92. The summed E-state index contributed by atoms with van der Waals surface area (Å²) in [7, 11) is 0. The first kappa shape index (κ1) is 20.6. The van der Waals surface area contributed by atoms with Crippen LogP contribution in [-0.4, -0.2) is 34.8 Å². The van der Waals surface area contributed by atoms with E-state index in [1.807, 2.05) is 6.92 Å². The summed E-state index contributed by atoms with van der Waals surface area (Å²) in [6, 6.07) is 4.69. The van der Waals surface area contributed by atoms with Crippen LogP contribution in [0, 0.1) is 6.92 Å². The lowest BCUT2D eigenvalue weighted by Gasteiger charge is -2.19. The third-order valence-corrected chi connectivity index (χ3v) is 4.36. The zero-order valence-corrected chi connectivity index (χ0v) is 15.5. The van der Waals surface area contributed by atoms with Gasteiger partial charge in [0.15, 0.2) is 0 Å². The Labute approximate surface area is 158 Å². The lowest BCUT2D eigenvalue weighted by Crippen LogP contribution is -2.37. The molecule has 5 nitrogen and oxygen atoms in total. The number of carbonyl (C=O) groups is 2. The van der Waals surface area contributed by atoms with Gasteiger partial charge in [0.05, 0.1) is 22.0 Å². The fourth-order valence-electron chi connectivity index (χ4n) is 2.27. The van der Waals surface area contributed by atoms with Gasteiger partial charge in [0.25, 0.3) is 0 Å². The first-order chi connectivity index (χ1) is 12.7. The monoisotopic (exact) mass is 397 g/mol. The molecule has 0 saturated heterocycles. The van der Waals surface area contributed by atoms with E-state index in [-0.39, 0.29) is 18.8 Å². The predicted molar refractivity (Wildman–Crippen MR) is 98.2 cm³/mol. The van der Waals surface area contributed by atoms with Crippen molar-refractivity contribution in [1.82, 2.24) is 9.88 Å². The minimum atomic E-state index is -4.58. The maximum atomic E-state index is 13.0. The number of nitrogens with zero attached hydrogens (tertiary/aromatic N) is 2. The molecule has 1 aromatic heterocycles. The minimum Gasteiger partial charge on any atom is -0.330 e. The Morgan fingerprint density at radius 3 is 2.59 bits per heavy atom. The van der Waals surface area contributed by atoms with Crippen LogP contribution in [0.5, 0.6) is 0 Å². The summed E-state index contributed by atoms with van der Waals surface area (Å²) in [6.07, 6.45) is -1.77. The van der Waals surface area contributed by atoms with Gasteiger partial charge in [0, 0.05) is 18.0 Å². The van der Waals surface area contributed by atoms with Gasteiger partial charge in [-0.25, -0.2) is 4.98 Å². The standard InChI is InChI=1S/C18H18F3N3O2S/c1-3-24(17(26)9-8-13-11-27-12(2)22-13)10-16(25)23-15-7-5-4-6-14(15)18(19,20)21/h4-9,11H,3,10H2,1-2H3,(H,23,25)/b9-8+. The molecule has 0 aliphatic heterocycles. The van der Waals surface area contributed by atoms with Crippen LogP contribution in [0.3, 0.4) is 0 Å². The van der Waals surface area contributed by atoms with Crippen LogP contribution in [0.15, 0.2) is 35.7 Å². The summed E-state index contributed by atoms with van der Waals surface area (Å²) in [5, 5.41) is 4.87. The Morgan fingerprint density at radius 1 is 1.30 bits per heavy atom. The topological polar surface area (TPSA) is 62.3 Å². The van der Waals surface area contributed by atoms with Crippen molar-refractivity contribution in [1.29, 1.82) is 0 Å². The number of hydrogen-bond donors (Lipinski definition) is 1. The van der Waals surface area contributed by atoms with E-state index in [0.29, 0.717) is 5.69 Å². The Hall–Kier alpha value is -2.68. The molecule has 2 rings (SSSR count). The number of likely N-dealkylation sites (N-methyl/N-ethyl adjacent to an activating group) is 1. The molecule has 2 aromatic rings. The van der Waals surface area contributed by atoms with Crippen molar-refractivity contribution in [2.24, 2.45) is 0 Å². The largest absolute Gasteiger partial charge is 0.418 e. The van der Waals surface area contributed by atoms with Crippen molar-refractivity contribution >= 4 is 34.9 Å². The molecule has 27 heavy (non-hydrogen) atoms. The summed E-state index contributed by atoms with van der Waals surface area (Å²) in [5.41, 5.74) is -0.649. The summed E-state index contributed by atoms with van der Waals surface area (Å²) < 4.78 is 39.0. The maximum Gasteiger partial charge on any atom is 0.418 e. The van der Waals surface area contributed by atoms with E-state index in [1.54, 1.807) is 12.3 Å². The molecule has 0 bridgehead atoms. The van der Waals surface area contributed by atoms with Crippen LogP contribution in [0.2, 0.25) is 0 Å². The van der Waals surface area contributed by atoms with Gasteiger partial charge < -0.3 is 10.2 Å². The van der Waals surface area contributed by atoms with Crippen LogP contribution in [0.4, 0.5) is 18.9 Å². The first-order valence-corrected chi connectivity index (χ1v) is 8.94. The number of thiazole rings is 1. The Balaban J connectivity index is 2.03. The smallest absolute Gasteiger partial charge is 0.330 e. The number of benzene rings is 1. The van der Waals surface area contributed by atoms with Crippen molar-refractivity contribution in [3.8, 4) is 0 Å². The Bertz CT molecular complexity index is 846. The molecule has 0 aliphatic rings. The number of anilines is 1. The van der Waals surface area contributed by atoms with Gasteiger partial charge in [-0.05, 0) is 32.1 Å². The molecule has 0 spiro atoms. The number of amides is 2. The minimum absolute atomic E-state index is 0.230. The van der Waals surface area contributed by atoms with E-state index in [4.69, 9.17) is 0 Å². The molecule has 0 unspecified atom stereocenters. The average molecular weight is 397 g/mol. The molecule has 1 N–H and O–H groups in total. The van der Waals surface area contributed by atoms with E-state index in [1.165, 1.54) is 46.6 Å². The molecule has 144 valence electrons. The van der Waals surface area contributed by atoms with Gasteiger partial charge in [0.1, 0.15) is 6.54 Å². The number of aromatic nitrogens is 1. The molecule has 0 aliphatic carbocycles.